The van der Waals surface area contributed by atoms with Crippen molar-refractivity contribution in [3.05, 3.63) is 150 Å². The average molecular weight is 1080 g/mol. The number of benzene rings is 2. The van der Waals surface area contributed by atoms with Crippen LogP contribution in [0.1, 0.15) is 68.7 Å². The molecule has 6 rings (SSSR count). The standard InChI is InChI=1S/C50H48Br2N8O10/c1-29-33(25-67-49-43(51)15-35(21-55-23-39(61)17-45(63)64)47(59-49)69-27-37-13-31(19-53)9-11-57-37)5-3-7-41(29)42-8-4-6-34(30(42)2)26-68-50-44(52)16-36(22-56-24-40(62)18-46(65)66)48(60-50)70-28-38-14-32(20-54)10-12-58-38/h3-16,39-40,55-56,61-62H,17-18,21-28H2,1-2H3,(H,63,64)(H,65,66)/t39-,40-/m0/s1. The summed E-state index contributed by atoms with van der Waals surface area (Å²) in [6, 6.07) is 26.0. The molecule has 70 heavy (non-hydrogen) atoms. The number of carboxylic acid groups (broad SMARTS) is 2. The van der Waals surface area contributed by atoms with Gasteiger partial charge >= 0.3 is 11.9 Å². The molecule has 0 aliphatic rings. The van der Waals surface area contributed by atoms with Gasteiger partial charge in [-0.2, -0.15) is 20.5 Å². The highest BCUT2D eigenvalue weighted by Crippen LogP contribution is 2.35. The van der Waals surface area contributed by atoms with E-state index in [0.29, 0.717) is 42.6 Å². The van der Waals surface area contributed by atoms with Crippen LogP contribution >= 0.6 is 31.9 Å². The lowest BCUT2D eigenvalue weighted by Gasteiger charge is -2.18. The van der Waals surface area contributed by atoms with Crippen LogP contribution in [0.15, 0.2) is 94.1 Å². The molecule has 2 atom stereocenters. The van der Waals surface area contributed by atoms with E-state index in [1.807, 2.05) is 50.2 Å². The normalized spacial score (nSPS) is 11.8. The van der Waals surface area contributed by atoms with E-state index in [2.05, 4.69) is 64.6 Å². The minimum absolute atomic E-state index is 0.000362. The lowest BCUT2D eigenvalue weighted by molar-refractivity contribution is -0.140. The molecular formula is C50H48Br2N8O10. The zero-order valence-electron chi connectivity index (χ0n) is 38.0. The summed E-state index contributed by atoms with van der Waals surface area (Å²) in [7, 11) is 0. The highest BCUT2D eigenvalue weighted by Gasteiger charge is 2.19. The Hall–Kier alpha value is -7.04. The van der Waals surface area contributed by atoms with E-state index in [9.17, 15) is 30.3 Å². The zero-order valence-corrected chi connectivity index (χ0v) is 41.2. The maximum atomic E-state index is 11.1. The predicted octanol–water partition coefficient (Wildman–Crippen LogP) is 6.99. The van der Waals surface area contributed by atoms with Crippen LogP contribution in [0.5, 0.6) is 23.5 Å². The van der Waals surface area contributed by atoms with Gasteiger partial charge in [-0.05, 0) is 115 Å². The Morgan fingerprint density at radius 2 is 1.00 bits per heavy atom. The number of aliphatic hydroxyl groups is 2. The van der Waals surface area contributed by atoms with Crippen LogP contribution in [0.3, 0.4) is 0 Å². The first-order chi connectivity index (χ1) is 33.7. The summed E-state index contributed by atoms with van der Waals surface area (Å²) >= 11 is 7.17. The predicted molar refractivity (Wildman–Crippen MR) is 260 cm³/mol. The topological polar surface area (TPSA) is 275 Å². The quantitative estimate of drug-likeness (QED) is 0.0337. The Bertz CT molecular complexity index is 2720. The van der Waals surface area contributed by atoms with Crippen LogP contribution in [-0.4, -0.2) is 77.6 Å². The molecule has 0 saturated heterocycles. The molecule has 4 heterocycles. The summed E-state index contributed by atoms with van der Waals surface area (Å²) < 4.78 is 25.9. The van der Waals surface area contributed by atoms with Crippen LogP contribution in [-0.2, 0) is 49.1 Å². The van der Waals surface area contributed by atoms with Gasteiger partial charge in [-0.1, -0.05) is 36.4 Å². The second-order valence-electron chi connectivity index (χ2n) is 15.9. The lowest BCUT2D eigenvalue weighted by atomic mass is 9.92. The van der Waals surface area contributed by atoms with Gasteiger partial charge in [0, 0.05) is 49.7 Å². The molecule has 0 saturated carbocycles. The molecule has 0 bridgehead atoms. The molecule has 4 aromatic heterocycles. The molecule has 0 aliphatic heterocycles. The van der Waals surface area contributed by atoms with Gasteiger partial charge in [-0.25, -0.2) is 0 Å². The molecule has 2 aromatic carbocycles. The molecular weight excluding hydrogens is 1030 g/mol. The van der Waals surface area contributed by atoms with E-state index in [-0.39, 0.29) is 76.1 Å². The Morgan fingerprint density at radius 3 is 1.39 bits per heavy atom. The van der Waals surface area contributed by atoms with Gasteiger partial charge in [0.15, 0.2) is 0 Å². The van der Waals surface area contributed by atoms with Crippen molar-refractivity contribution in [1.82, 2.24) is 30.6 Å². The van der Waals surface area contributed by atoms with Crippen molar-refractivity contribution >= 4 is 43.8 Å². The number of nitriles is 2. The van der Waals surface area contributed by atoms with Gasteiger partial charge in [0.25, 0.3) is 0 Å². The summed E-state index contributed by atoms with van der Waals surface area (Å²) in [4.78, 5) is 40.1. The summed E-state index contributed by atoms with van der Waals surface area (Å²) in [5, 5.41) is 63.1. The van der Waals surface area contributed by atoms with Gasteiger partial charge < -0.3 is 50.0 Å². The second-order valence-corrected chi connectivity index (χ2v) is 17.6. The van der Waals surface area contributed by atoms with E-state index >= 15 is 0 Å². The number of aromatic nitrogens is 4. The van der Waals surface area contributed by atoms with E-state index < -0.39 is 37.0 Å². The monoisotopic (exact) mass is 1080 g/mol. The molecule has 0 radical (unpaired) electrons. The third kappa shape index (κ3) is 15.0. The molecule has 0 fully saturated rings. The number of hydrogen-bond acceptors (Lipinski definition) is 16. The highest BCUT2D eigenvalue weighted by atomic mass is 79.9. The Labute approximate surface area is 420 Å². The Morgan fingerprint density at radius 1 is 0.600 bits per heavy atom. The number of hydrogen-bond donors (Lipinski definition) is 6. The van der Waals surface area contributed by atoms with Crippen molar-refractivity contribution in [2.24, 2.45) is 0 Å². The minimum atomic E-state index is -1.11. The smallest absolute Gasteiger partial charge is 0.306 e. The van der Waals surface area contributed by atoms with Gasteiger partial charge in [-0.15, -0.1) is 0 Å². The average Bonchev–Trinajstić information content (AvgIpc) is 3.33. The molecule has 362 valence electrons. The van der Waals surface area contributed by atoms with Gasteiger partial charge in [0.05, 0.1) is 68.6 Å². The van der Waals surface area contributed by atoms with Crippen molar-refractivity contribution in [3.8, 4) is 46.8 Å². The lowest BCUT2D eigenvalue weighted by Crippen LogP contribution is -2.28. The van der Waals surface area contributed by atoms with Crippen molar-refractivity contribution in [1.29, 1.82) is 10.5 Å². The second kappa shape index (κ2) is 25.5. The molecule has 6 aromatic rings. The number of carboxylic acids is 2. The van der Waals surface area contributed by atoms with Crippen molar-refractivity contribution in [2.45, 2.75) is 78.4 Å². The molecule has 0 spiro atoms. The zero-order chi connectivity index (χ0) is 50.2. The Balaban J connectivity index is 1.18. The maximum absolute atomic E-state index is 11.1. The fraction of sp³-hybridized carbons (Fsp3) is 0.280. The number of nitrogens with zero attached hydrogens (tertiary/aromatic N) is 6. The molecule has 6 N–H and O–H groups in total. The number of halogens is 2. The van der Waals surface area contributed by atoms with E-state index in [0.717, 1.165) is 33.4 Å². The summed E-state index contributed by atoms with van der Waals surface area (Å²) in [6.45, 7) is 4.73. The number of pyridine rings is 4. The van der Waals surface area contributed by atoms with Gasteiger partial charge in [0.2, 0.25) is 23.5 Å². The van der Waals surface area contributed by atoms with Crippen LogP contribution in [0.2, 0.25) is 0 Å². The Kier molecular flexibility index (Phi) is 19.1. The number of rotatable bonds is 25. The fourth-order valence-electron chi connectivity index (χ4n) is 7.08. The van der Waals surface area contributed by atoms with E-state index in [1.165, 1.54) is 12.4 Å². The molecule has 0 amide bonds. The van der Waals surface area contributed by atoms with Gasteiger partial charge in [0.1, 0.15) is 26.4 Å². The SMILES string of the molecule is Cc1c(COc2nc(OCc3cc(C#N)ccn3)c(CNC[C@@H](O)CC(=O)O)cc2Br)cccc1-c1cccc(COc2nc(OCc3cc(C#N)ccn3)c(CNC[C@@H](O)CC(=O)O)cc2Br)c1C. The number of aliphatic hydroxyl groups excluding tert-OH is 2. The van der Waals surface area contributed by atoms with Crippen LogP contribution < -0.4 is 29.6 Å². The number of carbonyl (C=O) groups is 2. The molecule has 20 heteroatoms. The first kappa shape index (κ1) is 52.3. The van der Waals surface area contributed by atoms with Crippen LogP contribution in [0.25, 0.3) is 11.1 Å². The van der Waals surface area contributed by atoms with Crippen molar-refractivity contribution in [2.75, 3.05) is 13.1 Å². The van der Waals surface area contributed by atoms with Crippen LogP contribution in [0.4, 0.5) is 0 Å². The molecule has 18 nitrogen and oxygen atoms in total. The van der Waals surface area contributed by atoms with Crippen LogP contribution in [0, 0.1) is 36.5 Å². The largest absolute Gasteiger partial charge is 0.481 e. The first-order valence-electron chi connectivity index (χ1n) is 21.7. The third-order valence-corrected chi connectivity index (χ3v) is 11.8. The summed E-state index contributed by atoms with van der Waals surface area (Å²) in [6.07, 6.45) is 0.0167. The number of nitrogens with one attached hydrogen (secondary N) is 2. The minimum Gasteiger partial charge on any atom is -0.481 e. The summed E-state index contributed by atoms with van der Waals surface area (Å²) in [5.74, 6) is -1.30. The third-order valence-electron chi connectivity index (χ3n) is 10.7. The van der Waals surface area contributed by atoms with Crippen molar-refractivity contribution < 1.29 is 49.0 Å². The highest BCUT2D eigenvalue weighted by molar-refractivity contribution is 9.10. The van der Waals surface area contributed by atoms with E-state index in [1.54, 1.807) is 36.4 Å². The van der Waals surface area contributed by atoms with Gasteiger partial charge in [-0.3, -0.25) is 19.6 Å². The maximum Gasteiger partial charge on any atom is 0.306 e. The summed E-state index contributed by atoms with van der Waals surface area (Å²) in [5.41, 5.74) is 8.75. The number of ether oxygens (including phenoxy) is 4. The molecule has 0 unspecified atom stereocenters. The molecule has 0 aliphatic carbocycles. The van der Waals surface area contributed by atoms with Crippen molar-refractivity contribution in [3.63, 3.8) is 0 Å². The van der Waals surface area contributed by atoms with E-state index in [4.69, 9.17) is 39.1 Å². The first-order valence-corrected chi connectivity index (χ1v) is 23.3. The fourth-order valence-corrected chi connectivity index (χ4v) is 8.04. The number of aliphatic carboxylic acids is 2.